The second-order valence-electron chi connectivity index (χ2n) is 6.22. The van der Waals surface area contributed by atoms with E-state index in [4.69, 9.17) is 5.73 Å². The highest BCUT2D eigenvalue weighted by Crippen LogP contribution is 2.17. The predicted octanol–water partition coefficient (Wildman–Crippen LogP) is 1.49. The molecule has 1 saturated heterocycles. The fraction of sp³-hybridized carbons (Fsp3) is 0.588. The van der Waals surface area contributed by atoms with E-state index in [1.54, 1.807) is 0 Å². The Hall–Kier alpha value is -1.39. The van der Waals surface area contributed by atoms with Crippen molar-refractivity contribution in [3.05, 3.63) is 35.4 Å². The van der Waals surface area contributed by atoms with Crippen molar-refractivity contribution >= 4 is 5.91 Å². The minimum Gasteiger partial charge on any atom is -0.345 e. The van der Waals surface area contributed by atoms with Gasteiger partial charge in [-0.25, -0.2) is 0 Å². The van der Waals surface area contributed by atoms with E-state index < -0.39 is 0 Å². The van der Waals surface area contributed by atoms with E-state index in [-0.39, 0.29) is 5.91 Å². The number of carbonyl (C=O) groups excluding carboxylic acids is 1. The average molecular weight is 289 g/mol. The topological polar surface area (TPSA) is 49.6 Å². The van der Waals surface area contributed by atoms with E-state index in [1.807, 2.05) is 36.2 Å². The van der Waals surface area contributed by atoms with Crippen molar-refractivity contribution in [2.24, 2.45) is 11.7 Å². The Labute approximate surface area is 127 Å². The maximum absolute atomic E-state index is 12.3. The molecule has 2 N–H and O–H groups in total. The molecule has 1 aliphatic rings. The maximum Gasteiger partial charge on any atom is 0.226 e. The number of nitrogens with two attached hydrogens (primary N) is 1. The summed E-state index contributed by atoms with van der Waals surface area (Å²) in [7, 11) is 4.09. The van der Waals surface area contributed by atoms with Gasteiger partial charge in [-0.3, -0.25) is 4.79 Å². The maximum atomic E-state index is 12.3. The van der Waals surface area contributed by atoms with Crippen molar-refractivity contribution in [3.8, 4) is 0 Å². The molecule has 1 aromatic rings. The van der Waals surface area contributed by atoms with Gasteiger partial charge in [-0.2, -0.15) is 0 Å². The van der Waals surface area contributed by atoms with E-state index >= 15 is 0 Å². The van der Waals surface area contributed by atoms with Crippen LogP contribution in [0.25, 0.3) is 0 Å². The minimum atomic E-state index is 0.203. The number of likely N-dealkylation sites (N-methyl/N-ethyl adjacent to an activating group) is 1. The van der Waals surface area contributed by atoms with E-state index in [2.05, 4.69) is 11.9 Å². The second kappa shape index (κ2) is 7.57. The molecular weight excluding hydrogens is 262 g/mol. The van der Waals surface area contributed by atoms with Gasteiger partial charge in [-0.05, 0) is 50.0 Å². The van der Waals surface area contributed by atoms with Crippen molar-refractivity contribution in [3.63, 3.8) is 0 Å². The predicted molar refractivity (Wildman–Crippen MR) is 85.9 cm³/mol. The standard InChI is InChI=1S/C17H27N3O/c1-19-9-7-16(8-10-19)13-20(2)17(21)11-14-3-5-15(12-18)6-4-14/h3-6,16H,7-13,18H2,1-2H3. The minimum absolute atomic E-state index is 0.203. The molecule has 0 unspecified atom stereocenters. The van der Waals surface area contributed by atoms with E-state index in [0.717, 1.165) is 30.8 Å². The smallest absolute Gasteiger partial charge is 0.226 e. The highest BCUT2D eigenvalue weighted by molar-refractivity contribution is 5.78. The average Bonchev–Trinajstić information content (AvgIpc) is 2.50. The molecule has 21 heavy (non-hydrogen) atoms. The van der Waals surface area contributed by atoms with Gasteiger partial charge in [0.25, 0.3) is 0 Å². The summed E-state index contributed by atoms with van der Waals surface area (Å²) in [4.78, 5) is 16.5. The number of hydrogen-bond donors (Lipinski definition) is 1. The number of benzene rings is 1. The Balaban J connectivity index is 1.81. The van der Waals surface area contributed by atoms with Gasteiger partial charge >= 0.3 is 0 Å². The lowest BCUT2D eigenvalue weighted by Crippen LogP contribution is -2.38. The van der Waals surface area contributed by atoms with Crippen LogP contribution in [0.5, 0.6) is 0 Å². The van der Waals surface area contributed by atoms with Crippen LogP contribution in [0, 0.1) is 5.92 Å². The van der Waals surface area contributed by atoms with E-state index in [9.17, 15) is 4.79 Å². The zero-order chi connectivity index (χ0) is 15.2. The quantitative estimate of drug-likeness (QED) is 0.893. The molecule has 1 fully saturated rings. The van der Waals surface area contributed by atoms with Crippen LogP contribution in [-0.4, -0.2) is 49.4 Å². The molecule has 0 aromatic heterocycles. The highest BCUT2D eigenvalue weighted by Gasteiger charge is 2.20. The lowest BCUT2D eigenvalue weighted by Gasteiger charge is -2.31. The van der Waals surface area contributed by atoms with Gasteiger partial charge in [-0.1, -0.05) is 24.3 Å². The Bertz CT molecular complexity index is 450. The third kappa shape index (κ3) is 4.83. The molecule has 0 saturated carbocycles. The number of nitrogens with zero attached hydrogens (tertiary/aromatic N) is 2. The zero-order valence-electron chi connectivity index (χ0n) is 13.2. The van der Waals surface area contributed by atoms with Gasteiger partial charge in [0.15, 0.2) is 0 Å². The van der Waals surface area contributed by atoms with Crippen molar-refractivity contribution < 1.29 is 4.79 Å². The molecule has 0 atom stereocenters. The SMILES string of the molecule is CN1CCC(CN(C)C(=O)Cc2ccc(CN)cc2)CC1. The van der Waals surface area contributed by atoms with Gasteiger partial charge < -0.3 is 15.5 Å². The number of hydrogen-bond acceptors (Lipinski definition) is 3. The molecule has 1 heterocycles. The number of amides is 1. The molecule has 116 valence electrons. The summed E-state index contributed by atoms with van der Waals surface area (Å²) in [5.41, 5.74) is 7.75. The third-order valence-corrected chi connectivity index (χ3v) is 4.41. The molecule has 1 amide bonds. The van der Waals surface area contributed by atoms with Crippen LogP contribution < -0.4 is 5.73 Å². The lowest BCUT2D eigenvalue weighted by atomic mass is 9.96. The molecule has 0 spiro atoms. The number of rotatable bonds is 5. The van der Waals surface area contributed by atoms with Crippen LogP contribution >= 0.6 is 0 Å². The van der Waals surface area contributed by atoms with E-state index in [0.29, 0.717) is 18.9 Å². The van der Waals surface area contributed by atoms with Crippen molar-refractivity contribution in [2.45, 2.75) is 25.8 Å². The van der Waals surface area contributed by atoms with Gasteiger partial charge in [-0.15, -0.1) is 0 Å². The summed E-state index contributed by atoms with van der Waals surface area (Å²) >= 11 is 0. The molecular formula is C17H27N3O. The number of carbonyl (C=O) groups is 1. The first-order chi connectivity index (χ1) is 10.1. The van der Waals surface area contributed by atoms with Crippen LogP contribution in [0.3, 0.4) is 0 Å². The van der Waals surface area contributed by atoms with Gasteiger partial charge in [0.05, 0.1) is 6.42 Å². The third-order valence-electron chi connectivity index (χ3n) is 4.41. The Morgan fingerprint density at radius 2 is 1.81 bits per heavy atom. The molecule has 4 heteroatoms. The van der Waals surface area contributed by atoms with Gasteiger partial charge in [0.2, 0.25) is 5.91 Å². The Kier molecular flexibility index (Phi) is 5.76. The highest BCUT2D eigenvalue weighted by atomic mass is 16.2. The second-order valence-corrected chi connectivity index (χ2v) is 6.22. The molecule has 1 aliphatic heterocycles. The molecule has 0 aliphatic carbocycles. The first kappa shape index (κ1) is 16.0. The molecule has 2 rings (SSSR count). The van der Waals surface area contributed by atoms with Crippen LogP contribution in [0.4, 0.5) is 0 Å². The van der Waals surface area contributed by atoms with Crippen molar-refractivity contribution in [1.29, 1.82) is 0 Å². The van der Waals surface area contributed by atoms with Crippen molar-refractivity contribution in [1.82, 2.24) is 9.80 Å². The monoisotopic (exact) mass is 289 g/mol. The summed E-state index contributed by atoms with van der Waals surface area (Å²) < 4.78 is 0. The van der Waals surface area contributed by atoms with Gasteiger partial charge in [0.1, 0.15) is 0 Å². The summed E-state index contributed by atoms with van der Waals surface area (Å²) in [5, 5.41) is 0. The summed E-state index contributed by atoms with van der Waals surface area (Å²) in [6.45, 7) is 3.72. The van der Waals surface area contributed by atoms with Crippen LogP contribution in [0.1, 0.15) is 24.0 Å². The molecule has 0 radical (unpaired) electrons. The summed E-state index contributed by atoms with van der Waals surface area (Å²) in [6, 6.07) is 8.01. The largest absolute Gasteiger partial charge is 0.345 e. The van der Waals surface area contributed by atoms with Gasteiger partial charge in [0, 0.05) is 20.1 Å². The fourth-order valence-electron chi connectivity index (χ4n) is 2.84. The molecule has 0 bridgehead atoms. The first-order valence-electron chi connectivity index (χ1n) is 7.79. The van der Waals surface area contributed by atoms with Crippen LogP contribution in [0.15, 0.2) is 24.3 Å². The number of piperidine rings is 1. The fourth-order valence-corrected chi connectivity index (χ4v) is 2.84. The summed E-state index contributed by atoms with van der Waals surface area (Å²) in [5.74, 6) is 0.851. The lowest BCUT2D eigenvalue weighted by molar-refractivity contribution is -0.129. The van der Waals surface area contributed by atoms with Crippen LogP contribution in [-0.2, 0) is 17.8 Å². The molecule has 4 nitrogen and oxygen atoms in total. The van der Waals surface area contributed by atoms with E-state index in [1.165, 1.54) is 12.8 Å². The van der Waals surface area contributed by atoms with Crippen LogP contribution in [0.2, 0.25) is 0 Å². The normalized spacial score (nSPS) is 16.9. The Morgan fingerprint density at radius 3 is 2.38 bits per heavy atom. The zero-order valence-corrected chi connectivity index (χ0v) is 13.2. The number of likely N-dealkylation sites (tertiary alicyclic amines) is 1. The summed E-state index contributed by atoms with van der Waals surface area (Å²) in [6.07, 6.45) is 2.87. The first-order valence-corrected chi connectivity index (χ1v) is 7.79. The van der Waals surface area contributed by atoms with Crippen molar-refractivity contribution in [2.75, 3.05) is 33.7 Å². The Morgan fingerprint density at radius 1 is 1.24 bits per heavy atom. The molecule has 1 aromatic carbocycles.